The molecule has 26 heavy (non-hydrogen) atoms. The highest BCUT2D eigenvalue weighted by atomic mass is 32.2. The van der Waals surface area contributed by atoms with Gasteiger partial charge in [0.1, 0.15) is 5.76 Å². The zero-order valence-corrected chi connectivity index (χ0v) is 15.7. The van der Waals surface area contributed by atoms with Crippen LogP contribution in [0.3, 0.4) is 0 Å². The first-order valence-corrected chi connectivity index (χ1v) is 9.93. The molecule has 2 amide bonds. The zero-order chi connectivity index (χ0) is 18.4. The van der Waals surface area contributed by atoms with Crippen molar-refractivity contribution >= 4 is 46.4 Å². The maximum absolute atomic E-state index is 12.1. The van der Waals surface area contributed by atoms with Crippen LogP contribution in [0.15, 0.2) is 51.7 Å². The van der Waals surface area contributed by atoms with Crippen molar-refractivity contribution in [1.82, 2.24) is 5.16 Å². The van der Waals surface area contributed by atoms with Gasteiger partial charge in [-0.05, 0) is 47.0 Å². The first-order chi connectivity index (χ1) is 12.6. The molecule has 1 aromatic carbocycles. The van der Waals surface area contributed by atoms with Gasteiger partial charge in [0.25, 0.3) is 0 Å². The van der Waals surface area contributed by atoms with E-state index in [4.69, 9.17) is 4.52 Å². The second kappa shape index (κ2) is 8.68. The Hall–Kier alpha value is -2.58. The number of hydrogen-bond donors (Lipinski definition) is 2. The summed E-state index contributed by atoms with van der Waals surface area (Å²) < 4.78 is 4.88. The number of benzene rings is 1. The van der Waals surface area contributed by atoms with Crippen molar-refractivity contribution in [3.8, 4) is 11.1 Å². The maximum atomic E-state index is 12.1. The first-order valence-electron chi connectivity index (χ1n) is 7.83. The van der Waals surface area contributed by atoms with Crippen molar-refractivity contribution in [2.75, 3.05) is 22.1 Å². The molecule has 0 unspecified atom stereocenters. The predicted octanol–water partition coefficient (Wildman–Crippen LogP) is 4.02. The Morgan fingerprint density at radius 3 is 2.62 bits per heavy atom. The molecule has 2 heterocycles. The van der Waals surface area contributed by atoms with Gasteiger partial charge in [-0.1, -0.05) is 17.3 Å². The van der Waals surface area contributed by atoms with Gasteiger partial charge >= 0.3 is 0 Å². The third-order valence-corrected chi connectivity index (χ3v) is 4.98. The van der Waals surface area contributed by atoms with E-state index in [1.807, 2.05) is 35.7 Å². The van der Waals surface area contributed by atoms with Gasteiger partial charge in [0, 0.05) is 11.8 Å². The van der Waals surface area contributed by atoms with Gasteiger partial charge in [0.2, 0.25) is 11.8 Å². The van der Waals surface area contributed by atoms with Crippen LogP contribution in [0.4, 0.5) is 11.5 Å². The molecule has 0 bridgehead atoms. The van der Waals surface area contributed by atoms with E-state index in [9.17, 15) is 9.59 Å². The van der Waals surface area contributed by atoms with Crippen LogP contribution < -0.4 is 10.6 Å². The fourth-order valence-electron chi connectivity index (χ4n) is 2.24. The quantitative estimate of drug-likeness (QED) is 0.640. The molecular weight excluding hydrogens is 370 g/mol. The molecule has 0 spiro atoms. The highest BCUT2D eigenvalue weighted by Gasteiger charge is 2.09. The van der Waals surface area contributed by atoms with Gasteiger partial charge in [0.05, 0.1) is 11.5 Å². The number of hydrogen-bond acceptors (Lipinski definition) is 6. The van der Waals surface area contributed by atoms with Crippen molar-refractivity contribution in [1.29, 1.82) is 0 Å². The number of aryl methyl sites for hydroxylation is 1. The van der Waals surface area contributed by atoms with Gasteiger partial charge in [-0.3, -0.25) is 9.59 Å². The SMILES string of the molecule is Cc1cc(NC(=O)CSCC(=O)Nc2cccc(-c3ccsc3)c2)no1. The van der Waals surface area contributed by atoms with Crippen LogP contribution >= 0.6 is 23.1 Å². The van der Waals surface area contributed by atoms with E-state index in [-0.39, 0.29) is 23.3 Å². The number of nitrogens with zero attached hydrogens (tertiary/aromatic N) is 1. The molecule has 0 aliphatic carbocycles. The predicted molar refractivity (Wildman–Crippen MR) is 106 cm³/mol. The summed E-state index contributed by atoms with van der Waals surface area (Å²) in [6, 6.07) is 11.4. The van der Waals surface area contributed by atoms with Gasteiger partial charge in [0.15, 0.2) is 5.82 Å². The first kappa shape index (κ1) is 18.2. The third-order valence-electron chi connectivity index (χ3n) is 3.36. The third kappa shape index (κ3) is 5.21. The Bertz CT molecular complexity index is 891. The van der Waals surface area contributed by atoms with E-state index in [0.29, 0.717) is 11.6 Å². The maximum Gasteiger partial charge on any atom is 0.235 e. The van der Waals surface area contributed by atoms with Crippen LogP contribution in [0.25, 0.3) is 11.1 Å². The number of anilines is 2. The van der Waals surface area contributed by atoms with Crippen LogP contribution in [0, 0.1) is 6.92 Å². The molecule has 2 aromatic heterocycles. The molecule has 0 atom stereocenters. The largest absolute Gasteiger partial charge is 0.360 e. The number of nitrogens with one attached hydrogen (secondary N) is 2. The van der Waals surface area contributed by atoms with E-state index in [2.05, 4.69) is 21.2 Å². The summed E-state index contributed by atoms with van der Waals surface area (Å²) in [6.45, 7) is 1.75. The van der Waals surface area contributed by atoms with Crippen LogP contribution in [-0.2, 0) is 9.59 Å². The molecule has 0 aliphatic rings. The minimum atomic E-state index is -0.226. The molecule has 0 saturated heterocycles. The number of amides is 2. The van der Waals surface area contributed by atoms with E-state index in [1.165, 1.54) is 11.8 Å². The molecule has 0 saturated carbocycles. The summed E-state index contributed by atoms with van der Waals surface area (Å²) in [7, 11) is 0. The lowest BCUT2D eigenvalue weighted by molar-refractivity contribution is -0.114. The van der Waals surface area contributed by atoms with Gasteiger partial charge in [-0.15, -0.1) is 11.8 Å². The van der Waals surface area contributed by atoms with Gasteiger partial charge < -0.3 is 15.2 Å². The van der Waals surface area contributed by atoms with Crippen molar-refractivity contribution < 1.29 is 14.1 Å². The number of thiophene rings is 1. The van der Waals surface area contributed by atoms with Gasteiger partial charge in [-0.25, -0.2) is 0 Å². The van der Waals surface area contributed by atoms with Crippen LogP contribution in [0.2, 0.25) is 0 Å². The smallest absolute Gasteiger partial charge is 0.235 e. The Morgan fingerprint density at radius 1 is 1.12 bits per heavy atom. The minimum Gasteiger partial charge on any atom is -0.360 e. The van der Waals surface area contributed by atoms with Crippen molar-refractivity contribution in [2.24, 2.45) is 0 Å². The number of rotatable bonds is 7. The molecule has 2 N–H and O–H groups in total. The summed E-state index contributed by atoms with van der Waals surface area (Å²) in [6.07, 6.45) is 0. The standard InChI is InChI=1S/C18H17N3O3S2/c1-12-7-16(21-24-12)20-18(23)11-26-10-17(22)19-15-4-2-3-13(8-15)14-5-6-25-9-14/h2-9H,10-11H2,1H3,(H,19,22)(H,20,21,23). The molecule has 134 valence electrons. The topological polar surface area (TPSA) is 84.2 Å². The normalized spacial score (nSPS) is 10.5. The molecule has 8 heteroatoms. The van der Waals surface area contributed by atoms with Crippen molar-refractivity contribution in [2.45, 2.75) is 6.92 Å². The Balaban J connectivity index is 1.44. The van der Waals surface area contributed by atoms with E-state index < -0.39 is 0 Å². The summed E-state index contributed by atoms with van der Waals surface area (Å²) >= 11 is 2.87. The second-order valence-electron chi connectivity index (χ2n) is 5.50. The number of aromatic nitrogens is 1. The lowest BCUT2D eigenvalue weighted by atomic mass is 10.1. The molecule has 0 fully saturated rings. The van der Waals surface area contributed by atoms with Crippen molar-refractivity contribution in [3.63, 3.8) is 0 Å². The molecule has 0 aliphatic heterocycles. The van der Waals surface area contributed by atoms with Gasteiger partial charge in [-0.2, -0.15) is 11.3 Å². The monoisotopic (exact) mass is 387 g/mol. The number of carbonyl (C=O) groups excluding carboxylic acids is 2. The Morgan fingerprint density at radius 2 is 1.92 bits per heavy atom. The average molecular weight is 387 g/mol. The number of thioether (sulfide) groups is 1. The summed E-state index contributed by atoms with van der Waals surface area (Å²) in [5, 5.41) is 13.2. The average Bonchev–Trinajstić information content (AvgIpc) is 3.27. The molecule has 0 radical (unpaired) electrons. The van der Waals surface area contributed by atoms with E-state index in [0.717, 1.165) is 16.8 Å². The van der Waals surface area contributed by atoms with Crippen LogP contribution in [-0.4, -0.2) is 28.5 Å². The molecule has 3 rings (SSSR count). The van der Waals surface area contributed by atoms with E-state index >= 15 is 0 Å². The highest BCUT2D eigenvalue weighted by Crippen LogP contribution is 2.24. The highest BCUT2D eigenvalue weighted by molar-refractivity contribution is 8.00. The number of carbonyl (C=O) groups is 2. The molecular formula is C18H17N3O3S2. The fraction of sp³-hybridized carbons (Fsp3) is 0.167. The summed E-state index contributed by atoms with van der Waals surface area (Å²) in [4.78, 5) is 23.9. The van der Waals surface area contributed by atoms with Crippen LogP contribution in [0.5, 0.6) is 0 Å². The zero-order valence-electron chi connectivity index (χ0n) is 14.0. The Labute approximate surface area is 159 Å². The van der Waals surface area contributed by atoms with Crippen molar-refractivity contribution in [3.05, 3.63) is 52.9 Å². The molecule has 3 aromatic rings. The second-order valence-corrected chi connectivity index (χ2v) is 7.27. The Kier molecular flexibility index (Phi) is 6.08. The van der Waals surface area contributed by atoms with E-state index in [1.54, 1.807) is 24.3 Å². The minimum absolute atomic E-state index is 0.150. The molecule has 6 nitrogen and oxygen atoms in total. The summed E-state index contributed by atoms with van der Waals surface area (Å²) in [5.41, 5.74) is 2.92. The summed E-state index contributed by atoms with van der Waals surface area (Å²) in [5.74, 6) is 0.972. The lowest BCUT2D eigenvalue weighted by Gasteiger charge is -2.07. The van der Waals surface area contributed by atoms with Crippen LogP contribution in [0.1, 0.15) is 5.76 Å². The fourth-order valence-corrected chi connectivity index (χ4v) is 3.53. The lowest BCUT2D eigenvalue weighted by Crippen LogP contribution is -2.18.